The molecule has 0 heterocycles. The number of ether oxygens (including phenoxy) is 1. The molecular formula is C8H20O2Si. The van der Waals surface area contributed by atoms with Crippen LogP contribution in [-0.2, 0) is 9.16 Å². The number of hydrogen-bond acceptors (Lipinski definition) is 2. The van der Waals surface area contributed by atoms with Crippen molar-refractivity contribution < 1.29 is 9.16 Å². The van der Waals surface area contributed by atoms with Gasteiger partial charge in [0.1, 0.15) is 6.29 Å². The zero-order valence-electron chi connectivity index (χ0n) is 8.47. The molecule has 0 amide bonds. The minimum atomic E-state index is -1.41. The molecule has 0 spiro atoms. The van der Waals surface area contributed by atoms with Gasteiger partial charge in [0.15, 0.2) is 8.32 Å². The molecule has 0 fully saturated rings. The number of hydrogen-bond donors (Lipinski definition) is 0. The summed E-state index contributed by atoms with van der Waals surface area (Å²) in [5.74, 6) is 0. The maximum atomic E-state index is 5.67. The quantitative estimate of drug-likeness (QED) is 0.484. The summed E-state index contributed by atoms with van der Waals surface area (Å²) >= 11 is 0. The molecule has 0 aromatic carbocycles. The zero-order chi connectivity index (χ0) is 9.07. The van der Waals surface area contributed by atoms with Crippen LogP contribution in [0.4, 0.5) is 0 Å². The Balaban J connectivity index is 3.61. The Morgan fingerprint density at radius 2 is 1.45 bits per heavy atom. The highest BCUT2D eigenvalue weighted by molar-refractivity contribution is 6.69. The van der Waals surface area contributed by atoms with Gasteiger partial charge in [-0.2, -0.15) is 0 Å². The molecular weight excluding hydrogens is 156 g/mol. The molecule has 0 radical (unpaired) electrons. The summed E-state index contributed by atoms with van der Waals surface area (Å²) in [6.07, 6.45) is 0.197. The lowest BCUT2D eigenvalue weighted by molar-refractivity contribution is -0.0999. The second-order valence-corrected chi connectivity index (χ2v) is 8.44. The number of rotatable bonds is 4. The van der Waals surface area contributed by atoms with E-state index in [4.69, 9.17) is 9.16 Å². The lowest BCUT2D eigenvalue weighted by atomic mass is 10.5. The fourth-order valence-corrected chi connectivity index (χ4v) is 1.96. The first-order chi connectivity index (χ1) is 4.81. The van der Waals surface area contributed by atoms with Gasteiger partial charge in [0.05, 0.1) is 6.10 Å². The van der Waals surface area contributed by atoms with E-state index >= 15 is 0 Å². The zero-order valence-corrected chi connectivity index (χ0v) is 9.47. The molecule has 0 rings (SSSR count). The summed E-state index contributed by atoms with van der Waals surface area (Å²) in [5, 5.41) is 0. The largest absolute Gasteiger partial charge is 0.393 e. The molecule has 0 aliphatic heterocycles. The molecule has 3 heteroatoms. The van der Waals surface area contributed by atoms with E-state index in [1.807, 2.05) is 20.8 Å². The average Bonchev–Trinajstić information content (AvgIpc) is 1.53. The third-order valence-electron chi connectivity index (χ3n) is 0.983. The molecule has 0 aliphatic carbocycles. The lowest BCUT2D eigenvalue weighted by Gasteiger charge is -2.24. The third-order valence-corrected chi connectivity index (χ3v) is 2.02. The fraction of sp³-hybridized carbons (Fsp3) is 1.00. The highest BCUT2D eigenvalue weighted by Gasteiger charge is 2.18. The predicted octanol–water partition coefficient (Wildman–Crippen LogP) is 2.61. The Labute approximate surface area is 71.0 Å². The summed E-state index contributed by atoms with van der Waals surface area (Å²) in [6.45, 7) is 12.5. The highest BCUT2D eigenvalue weighted by Crippen LogP contribution is 2.09. The van der Waals surface area contributed by atoms with Gasteiger partial charge < -0.3 is 9.16 Å². The van der Waals surface area contributed by atoms with Crippen LogP contribution >= 0.6 is 0 Å². The van der Waals surface area contributed by atoms with Crippen LogP contribution in [0.2, 0.25) is 19.6 Å². The van der Waals surface area contributed by atoms with E-state index in [2.05, 4.69) is 19.6 Å². The van der Waals surface area contributed by atoms with Crippen LogP contribution in [0, 0.1) is 0 Å². The van der Waals surface area contributed by atoms with Gasteiger partial charge >= 0.3 is 0 Å². The Morgan fingerprint density at radius 1 is 1.00 bits per heavy atom. The van der Waals surface area contributed by atoms with Crippen molar-refractivity contribution in [3.63, 3.8) is 0 Å². The van der Waals surface area contributed by atoms with E-state index < -0.39 is 8.32 Å². The van der Waals surface area contributed by atoms with Gasteiger partial charge in [-0.15, -0.1) is 0 Å². The van der Waals surface area contributed by atoms with E-state index in [1.54, 1.807) is 0 Å². The molecule has 0 saturated heterocycles. The summed E-state index contributed by atoms with van der Waals surface area (Å²) in [7, 11) is -1.41. The highest BCUT2D eigenvalue weighted by atomic mass is 28.4. The average molecular weight is 176 g/mol. The fourth-order valence-electron chi connectivity index (χ4n) is 0.909. The summed E-state index contributed by atoms with van der Waals surface area (Å²) < 4.78 is 11.1. The molecule has 11 heavy (non-hydrogen) atoms. The maximum Gasteiger partial charge on any atom is 0.187 e. The van der Waals surface area contributed by atoms with Crippen LogP contribution in [-0.4, -0.2) is 20.7 Å². The van der Waals surface area contributed by atoms with Gasteiger partial charge in [-0.05, 0) is 40.4 Å². The van der Waals surface area contributed by atoms with Crippen LogP contribution < -0.4 is 0 Å². The van der Waals surface area contributed by atoms with Gasteiger partial charge in [0.2, 0.25) is 0 Å². The molecule has 0 aromatic rings. The molecule has 1 unspecified atom stereocenters. The predicted molar refractivity (Wildman–Crippen MR) is 50.1 cm³/mol. The van der Waals surface area contributed by atoms with E-state index in [-0.39, 0.29) is 12.4 Å². The van der Waals surface area contributed by atoms with Gasteiger partial charge in [0.25, 0.3) is 0 Å². The Bertz CT molecular complexity index is 107. The summed E-state index contributed by atoms with van der Waals surface area (Å²) in [6, 6.07) is 0. The van der Waals surface area contributed by atoms with E-state index in [9.17, 15) is 0 Å². The topological polar surface area (TPSA) is 18.5 Å². The molecule has 68 valence electrons. The van der Waals surface area contributed by atoms with Crippen molar-refractivity contribution in [2.45, 2.75) is 52.8 Å². The lowest BCUT2D eigenvalue weighted by Crippen LogP contribution is -2.33. The van der Waals surface area contributed by atoms with Crippen LogP contribution in [0.1, 0.15) is 20.8 Å². The molecule has 0 aromatic heterocycles. The van der Waals surface area contributed by atoms with Gasteiger partial charge in [-0.25, -0.2) is 0 Å². The normalized spacial score (nSPS) is 15.5. The van der Waals surface area contributed by atoms with Crippen molar-refractivity contribution in [2.75, 3.05) is 0 Å². The van der Waals surface area contributed by atoms with E-state index in [0.717, 1.165) is 0 Å². The van der Waals surface area contributed by atoms with E-state index in [0.29, 0.717) is 0 Å². The van der Waals surface area contributed by atoms with E-state index in [1.165, 1.54) is 0 Å². The molecule has 0 aliphatic rings. The standard InChI is InChI=1S/C8H20O2Si/c1-7(2)9-8(3)10-11(4,5)6/h7-8H,1-6H3. The van der Waals surface area contributed by atoms with Crippen LogP contribution in [0.5, 0.6) is 0 Å². The van der Waals surface area contributed by atoms with Crippen LogP contribution in [0.15, 0.2) is 0 Å². The minimum Gasteiger partial charge on any atom is -0.393 e. The Morgan fingerprint density at radius 3 is 1.73 bits per heavy atom. The summed E-state index contributed by atoms with van der Waals surface area (Å²) in [4.78, 5) is 0. The maximum absolute atomic E-state index is 5.67. The van der Waals surface area contributed by atoms with Gasteiger partial charge in [-0.1, -0.05) is 0 Å². The minimum absolute atomic E-state index is 0.0540. The van der Waals surface area contributed by atoms with Crippen molar-refractivity contribution >= 4 is 8.32 Å². The first-order valence-electron chi connectivity index (χ1n) is 4.14. The SMILES string of the molecule is CC(C)OC(C)O[Si](C)(C)C. The third kappa shape index (κ3) is 8.04. The second-order valence-electron chi connectivity index (χ2n) is 3.98. The smallest absolute Gasteiger partial charge is 0.187 e. The Hall–Kier alpha value is 0.137. The monoisotopic (exact) mass is 176 g/mol. The van der Waals surface area contributed by atoms with Crippen molar-refractivity contribution in [1.82, 2.24) is 0 Å². The molecule has 0 N–H and O–H groups in total. The summed E-state index contributed by atoms with van der Waals surface area (Å²) in [5.41, 5.74) is 0. The molecule has 0 bridgehead atoms. The van der Waals surface area contributed by atoms with Gasteiger partial charge in [-0.3, -0.25) is 0 Å². The molecule has 0 saturated carbocycles. The van der Waals surface area contributed by atoms with Crippen molar-refractivity contribution in [1.29, 1.82) is 0 Å². The van der Waals surface area contributed by atoms with Gasteiger partial charge in [0, 0.05) is 0 Å². The first-order valence-corrected chi connectivity index (χ1v) is 7.55. The molecule has 1 atom stereocenters. The van der Waals surface area contributed by atoms with Crippen molar-refractivity contribution in [3.05, 3.63) is 0 Å². The van der Waals surface area contributed by atoms with Crippen LogP contribution in [0.25, 0.3) is 0 Å². The van der Waals surface area contributed by atoms with Crippen molar-refractivity contribution in [3.8, 4) is 0 Å². The first kappa shape index (κ1) is 11.1. The van der Waals surface area contributed by atoms with Crippen molar-refractivity contribution in [2.24, 2.45) is 0 Å². The molecule has 2 nitrogen and oxygen atoms in total. The second kappa shape index (κ2) is 4.23. The Kier molecular flexibility index (Phi) is 4.29. The van der Waals surface area contributed by atoms with Crippen LogP contribution in [0.3, 0.4) is 0 Å².